The number of benzene rings is 1. The second-order valence-corrected chi connectivity index (χ2v) is 9.78. The molecule has 3 rings (SSSR count). The molecule has 0 aliphatic heterocycles. The molecule has 0 heterocycles. The van der Waals surface area contributed by atoms with Crippen LogP contribution in [0.15, 0.2) is 48.6 Å². The molecule has 2 aliphatic carbocycles. The fourth-order valence-electron chi connectivity index (χ4n) is 5.58. The minimum atomic E-state index is -4.25. The third-order valence-electron chi connectivity index (χ3n) is 7.59. The van der Waals surface area contributed by atoms with Gasteiger partial charge in [0.1, 0.15) is 0 Å². The predicted octanol–water partition coefficient (Wildman–Crippen LogP) is 8.98. The lowest BCUT2D eigenvalue weighted by atomic mass is 9.76. The number of unbranched alkanes of at least 4 members (excludes halogenated alkanes) is 1. The van der Waals surface area contributed by atoms with Crippen molar-refractivity contribution in [3.05, 3.63) is 59.7 Å². The summed E-state index contributed by atoms with van der Waals surface area (Å²) in [6.45, 7) is 0. The molecule has 0 unspecified atom stereocenters. The Balaban J connectivity index is 1.27. The Hall–Kier alpha value is -2.02. The summed E-state index contributed by atoms with van der Waals surface area (Å²) in [5, 5.41) is 8.51. The molecule has 2 aliphatic rings. The molecule has 0 saturated heterocycles. The van der Waals surface area contributed by atoms with Crippen LogP contribution in [0.1, 0.15) is 94.1 Å². The smallest absolute Gasteiger partial charge is 0.193 e. The molecule has 0 atom stereocenters. The fraction of sp³-hybridized carbons (Fsp3) is 0.607. The normalized spacial score (nSPS) is 27.1. The highest BCUT2D eigenvalue weighted by Gasteiger charge is 2.30. The quantitative estimate of drug-likeness (QED) is 0.223. The monoisotopic (exact) mass is 443 g/mol. The van der Waals surface area contributed by atoms with Gasteiger partial charge in [0.15, 0.2) is 0 Å². The van der Waals surface area contributed by atoms with Crippen LogP contribution >= 0.6 is 0 Å². The van der Waals surface area contributed by atoms with E-state index in [4.69, 9.17) is 5.26 Å². The Morgan fingerprint density at radius 1 is 0.812 bits per heavy atom. The third-order valence-corrected chi connectivity index (χ3v) is 7.59. The minimum Gasteiger partial charge on any atom is -0.193 e. The first-order valence-corrected chi connectivity index (χ1v) is 12.4. The van der Waals surface area contributed by atoms with E-state index < -0.39 is 11.7 Å². The predicted molar refractivity (Wildman–Crippen MR) is 124 cm³/mol. The van der Waals surface area contributed by atoms with Crippen molar-refractivity contribution in [1.82, 2.24) is 0 Å². The van der Waals surface area contributed by atoms with E-state index in [1.807, 2.05) is 18.2 Å². The van der Waals surface area contributed by atoms with Gasteiger partial charge in [-0.3, -0.25) is 0 Å². The molecule has 0 spiro atoms. The Morgan fingerprint density at radius 3 is 1.91 bits per heavy atom. The van der Waals surface area contributed by atoms with E-state index in [0.717, 1.165) is 30.2 Å². The van der Waals surface area contributed by atoms with Crippen molar-refractivity contribution in [2.75, 3.05) is 0 Å². The van der Waals surface area contributed by atoms with E-state index in [1.165, 1.54) is 82.4 Å². The van der Waals surface area contributed by atoms with E-state index in [2.05, 4.69) is 6.08 Å². The summed E-state index contributed by atoms with van der Waals surface area (Å²) < 4.78 is 38.3. The van der Waals surface area contributed by atoms with Crippen LogP contribution in [0, 0.1) is 29.1 Å². The maximum Gasteiger partial charge on any atom is 0.416 e. The average Bonchev–Trinajstić information content (AvgIpc) is 2.80. The summed E-state index contributed by atoms with van der Waals surface area (Å²) in [4.78, 5) is 0. The van der Waals surface area contributed by atoms with Gasteiger partial charge in [0.2, 0.25) is 0 Å². The number of hydrogen-bond acceptors (Lipinski definition) is 1. The second-order valence-electron chi connectivity index (χ2n) is 9.78. The number of rotatable bonds is 8. The third kappa shape index (κ3) is 7.84. The van der Waals surface area contributed by atoms with Gasteiger partial charge in [-0.25, -0.2) is 0 Å². The summed E-state index contributed by atoms with van der Waals surface area (Å²) in [6.07, 6.45) is 18.5. The SMILES string of the molecule is N#CC=CC=CC1CCC(CCCCC2CCC(c3ccc(C(F)(F)F)cc3)CC2)CC1. The van der Waals surface area contributed by atoms with Gasteiger partial charge in [0, 0.05) is 6.08 Å². The summed E-state index contributed by atoms with van der Waals surface area (Å²) in [5.41, 5.74) is 0.524. The zero-order valence-corrected chi connectivity index (χ0v) is 19.0. The van der Waals surface area contributed by atoms with Crippen molar-refractivity contribution in [1.29, 1.82) is 5.26 Å². The first-order valence-electron chi connectivity index (χ1n) is 12.4. The van der Waals surface area contributed by atoms with Crippen molar-refractivity contribution in [2.45, 2.75) is 89.1 Å². The van der Waals surface area contributed by atoms with Crippen LogP contribution in [-0.4, -0.2) is 0 Å². The molecule has 1 nitrogen and oxygen atoms in total. The second kappa shape index (κ2) is 12.3. The van der Waals surface area contributed by atoms with Crippen LogP contribution in [0.4, 0.5) is 13.2 Å². The lowest BCUT2D eigenvalue weighted by Crippen LogP contribution is -2.15. The van der Waals surface area contributed by atoms with Gasteiger partial charge in [0.05, 0.1) is 11.6 Å². The van der Waals surface area contributed by atoms with Gasteiger partial charge < -0.3 is 0 Å². The van der Waals surface area contributed by atoms with Gasteiger partial charge in [-0.05, 0) is 92.7 Å². The summed E-state index contributed by atoms with van der Waals surface area (Å²) in [7, 11) is 0. The number of allylic oxidation sites excluding steroid dienone is 4. The Labute approximate surface area is 191 Å². The lowest BCUT2D eigenvalue weighted by Gasteiger charge is -2.29. The van der Waals surface area contributed by atoms with Crippen LogP contribution in [0.5, 0.6) is 0 Å². The Bertz CT molecular complexity index is 768. The highest BCUT2D eigenvalue weighted by atomic mass is 19.4. The number of hydrogen-bond donors (Lipinski definition) is 0. The van der Waals surface area contributed by atoms with Gasteiger partial charge in [-0.1, -0.05) is 56.0 Å². The molecule has 4 heteroatoms. The summed E-state index contributed by atoms with van der Waals surface area (Å²) >= 11 is 0. The number of nitriles is 1. The van der Waals surface area contributed by atoms with Crippen molar-refractivity contribution in [3.63, 3.8) is 0 Å². The van der Waals surface area contributed by atoms with Crippen LogP contribution in [0.25, 0.3) is 0 Å². The van der Waals surface area contributed by atoms with Crippen LogP contribution in [0.2, 0.25) is 0 Å². The van der Waals surface area contributed by atoms with E-state index in [0.29, 0.717) is 11.8 Å². The van der Waals surface area contributed by atoms with Crippen LogP contribution in [-0.2, 0) is 6.18 Å². The molecule has 0 radical (unpaired) electrons. The molecule has 0 bridgehead atoms. The van der Waals surface area contributed by atoms with E-state index in [-0.39, 0.29) is 0 Å². The van der Waals surface area contributed by atoms with E-state index in [9.17, 15) is 13.2 Å². The average molecular weight is 444 g/mol. The molecule has 1 aromatic carbocycles. The maximum absolute atomic E-state index is 12.8. The molecule has 2 saturated carbocycles. The van der Waals surface area contributed by atoms with Crippen molar-refractivity contribution >= 4 is 0 Å². The van der Waals surface area contributed by atoms with Gasteiger partial charge in [-0.15, -0.1) is 0 Å². The van der Waals surface area contributed by atoms with E-state index >= 15 is 0 Å². The van der Waals surface area contributed by atoms with Crippen molar-refractivity contribution < 1.29 is 13.2 Å². The molecule has 0 amide bonds. The number of nitrogens with zero attached hydrogens (tertiary/aromatic N) is 1. The largest absolute Gasteiger partial charge is 0.416 e. The Kier molecular flexibility index (Phi) is 9.45. The van der Waals surface area contributed by atoms with Crippen LogP contribution < -0.4 is 0 Å². The molecule has 0 N–H and O–H groups in total. The first-order chi connectivity index (χ1) is 15.5. The maximum atomic E-state index is 12.8. The highest BCUT2D eigenvalue weighted by Crippen LogP contribution is 2.39. The molecular formula is C28H36F3N. The van der Waals surface area contributed by atoms with Gasteiger partial charge in [-0.2, -0.15) is 18.4 Å². The first kappa shape index (κ1) is 24.6. The zero-order chi connectivity index (χ0) is 22.8. The van der Waals surface area contributed by atoms with Crippen LogP contribution in [0.3, 0.4) is 0 Å². The molecule has 0 aromatic heterocycles. The zero-order valence-electron chi connectivity index (χ0n) is 19.0. The van der Waals surface area contributed by atoms with Gasteiger partial charge in [0.25, 0.3) is 0 Å². The van der Waals surface area contributed by atoms with E-state index in [1.54, 1.807) is 12.1 Å². The number of alkyl halides is 3. The lowest BCUT2D eigenvalue weighted by molar-refractivity contribution is -0.137. The van der Waals surface area contributed by atoms with Gasteiger partial charge >= 0.3 is 6.18 Å². The minimum absolute atomic E-state index is 0.424. The number of halogens is 3. The summed E-state index contributed by atoms with van der Waals surface area (Å²) in [6, 6.07) is 7.84. The summed E-state index contributed by atoms with van der Waals surface area (Å²) in [5.74, 6) is 2.77. The highest BCUT2D eigenvalue weighted by molar-refractivity contribution is 5.27. The molecule has 1 aromatic rings. The topological polar surface area (TPSA) is 23.8 Å². The van der Waals surface area contributed by atoms with Crippen molar-refractivity contribution in [3.8, 4) is 6.07 Å². The van der Waals surface area contributed by atoms with Crippen molar-refractivity contribution in [2.24, 2.45) is 17.8 Å². The Morgan fingerprint density at radius 2 is 1.38 bits per heavy atom. The standard InChI is InChI=1S/C28H36F3N/c29-28(30,31)27-19-17-26(18-20-27)25-15-13-24(14-16-25)8-4-3-7-23-11-9-22(10-12-23)6-2-1-5-21-32/h1-2,5-6,17-20,22-25H,3-4,7-16H2. The fourth-order valence-corrected chi connectivity index (χ4v) is 5.58. The molecular weight excluding hydrogens is 407 g/mol. The molecule has 32 heavy (non-hydrogen) atoms. The molecule has 2 fully saturated rings. The molecule has 174 valence electrons.